The molecule has 0 unspecified atom stereocenters. The number of carboxylic acid groups (broad SMARTS) is 1. The minimum Gasteiger partial charge on any atom is -0.478 e. The number of amides is 1. The summed E-state index contributed by atoms with van der Waals surface area (Å²) < 4.78 is 5.35. The standard InChI is InChI=1S/C15H18N4O4.ClH/c20-13-10-19(18-3-5-23-6-4-18)9-12-7-11(1-2-14(21)22)8-16-15(12)17-13;/h1-2,7-8H,3-6,9-10H2,(H,21,22)(H,16,17,20);1H. The monoisotopic (exact) mass is 354 g/mol. The molecular weight excluding hydrogens is 336 g/mol. The smallest absolute Gasteiger partial charge is 0.328 e. The molecular formula is C15H19ClN4O4. The lowest BCUT2D eigenvalue weighted by atomic mass is 10.1. The fourth-order valence-electron chi connectivity index (χ4n) is 2.65. The van der Waals surface area contributed by atoms with Crippen molar-refractivity contribution in [2.75, 3.05) is 38.2 Å². The molecule has 0 aliphatic carbocycles. The van der Waals surface area contributed by atoms with Crippen molar-refractivity contribution in [1.29, 1.82) is 0 Å². The minimum absolute atomic E-state index is 0. The van der Waals surface area contributed by atoms with Crippen molar-refractivity contribution in [1.82, 2.24) is 15.0 Å². The Bertz CT molecular complexity index is 646. The Labute approximate surface area is 145 Å². The SMILES string of the molecule is Cl.O=C(O)C=Cc1cnc2c(c1)CN(N1CCOCC1)CC(=O)N2. The van der Waals surface area contributed by atoms with Crippen LogP contribution in [-0.2, 0) is 20.9 Å². The maximum atomic E-state index is 12.1. The van der Waals surface area contributed by atoms with Crippen LogP contribution in [0, 0.1) is 0 Å². The number of hydrazine groups is 1. The maximum Gasteiger partial charge on any atom is 0.328 e. The van der Waals surface area contributed by atoms with E-state index in [1.807, 2.05) is 11.1 Å². The Morgan fingerprint density at radius 1 is 1.29 bits per heavy atom. The number of aromatic nitrogens is 1. The second-order valence-electron chi connectivity index (χ2n) is 5.38. The third-order valence-corrected chi connectivity index (χ3v) is 3.73. The zero-order chi connectivity index (χ0) is 16.2. The van der Waals surface area contributed by atoms with Gasteiger partial charge in [0.2, 0.25) is 5.91 Å². The van der Waals surface area contributed by atoms with Crippen molar-refractivity contribution in [2.24, 2.45) is 0 Å². The molecule has 3 heterocycles. The third kappa shape index (κ3) is 4.51. The molecule has 3 rings (SSSR count). The van der Waals surface area contributed by atoms with Gasteiger partial charge in [-0.15, -0.1) is 12.4 Å². The molecule has 2 aliphatic heterocycles. The molecule has 0 radical (unpaired) electrons. The van der Waals surface area contributed by atoms with E-state index in [9.17, 15) is 9.59 Å². The van der Waals surface area contributed by atoms with Crippen LogP contribution >= 0.6 is 12.4 Å². The summed E-state index contributed by atoms with van der Waals surface area (Å²) >= 11 is 0. The van der Waals surface area contributed by atoms with Gasteiger partial charge in [-0.1, -0.05) is 0 Å². The van der Waals surface area contributed by atoms with Gasteiger partial charge >= 0.3 is 5.97 Å². The van der Waals surface area contributed by atoms with Crippen molar-refractivity contribution >= 4 is 36.2 Å². The van der Waals surface area contributed by atoms with E-state index in [0.29, 0.717) is 31.1 Å². The average Bonchev–Trinajstić information content (AvgIpc) is 2.71. The number of aliphatic carboxylic acids is 1. The number of nitrogens with zero attached hydrogens (tertiary/aromatic N) is 3. The van der Waals surface area contributed by atoms with Crippen LogP contribution in [-0.4, -0.2) is 64.8 Å². The molecule has 9 heteroatoms. The normalized spacial score (nSPS) is 19.2. The summed E-state index contributed by atoms with van der Waals surface area (Å²) in [6, 6.07) is 1.85. The molecule has 1 fully saturated rings. The van der Waals surface area contributed by atoms with Crippen LogP contribution in [0.2, 0.25) is 0 Å². The van der Waals surface area contributed by atoms with Gasteiger partial charge in [0, 0.05) is 37.5 Å². The van der Waals surface area contributed by atoms with Gasteiger partial charge in [-0.25, -0.2) is 19.8 Å². The second-order valence-corrected chi connectivity index (χ2v) is 5.38. The molecule has 130 valence electrons. The number of pyridine rings is 1. The molecule has 2 aliphatic rings. The number of carboxylic acids is 1. The van der Waals surface area contributed by atoms with Crippen LogP contribution in [0.15, 0.2) is 18.3 Å². The third-order valence-electron chi connectivity index (χ3n) is 3.73. The topological polar surface area (TPSA) is 95.0 Å². The first kappa shape index (κ1) is 18.3. The first-order valence-corrected chi connectivity index (χ1v) is 7.39. The summed E-state index contributed by atoms with van der Waals surface area (Å²) in [7, 11) is 0. The summed E-state index contributed by atoms with van der Waals surface area (Å²) in [6.07, 6.45) is 4.10. The van der Waals surface area contributed by atoms with Gasteiger partial charge in [-0.2, -0.15) is 0 Å². The molecule has 1 amide bonds. The summed E-state index contributed by atoms with van der Waals surface area (Å²) in [5.41, 5.74) is 1.54. The van der Waals surface area contributed by atoms with E-state index in [2.05, 4.69) is 15.3 Å². The van der Waals surface area contributed by atoms with E-state index in [1.54, 1.807) is 6.20 Å². The molecule has 0 bridgehead atoms. The number of carbonyl (C=O) groups excluding carboxylic acids is 1. The highest BCUT2D eigenvalue weighted by Crippen LogP contribution is 2.21. The molecule has 8 nitrogen and oxygen atoms in total. The van der Waals surface area contributed by atoms with Gasteiger partial charge < -0.3 is 15.2 Å². The quantitative estimate of drug-likeness (QED) is 0.767. The highest BCUT2D eigenvalue weighted by Gasteiger charge is 2.25. The number of hydrogen-bond donors (Lipinski definition) is 2. The Hall–Kier alpha value is -2.00. The van der Waals surface area contributed by atoms with Gasteiger partial charge in [0.25, 0.3) is 0 Å². The van der Waals surface area contributed by atoms with E-state index in [-0.39, 0.29) is 24.9 Å². The summed E-state index contributed by atoms with van der Waals surface area (Å²) in [5, 5.41) is 15.6. The van der Waals surface area contributed by atoms with E-state index in [0.717, 1.165) is 24.7 Å². The number of rotatable bonds is 3. The molecule has 0 atom stereocenters. The van der Waals surface area contributed by atoms with Gasteiger partial charge in [-0.3, -0.25) is 4.79 Å². The first-order valence-electron chi connectivity index (χ1n) is 7.39. The fraction of sp³-hybridized carbons (Fsp3) is 0.400. The molecule has 0 aromatic carbocycles. The van der Waals surface area contributed by atoms with E-state index < -0.39 is 5.97 Å². The largest absolute Gasteiger partial charge is 0.478 e. The maximum absolute atomic E-state index is 12.1. The van der Waals surface area contributed by atoms with Crippen molar-refractivity contribution in [3.05, 3.63) is 29.5 Å². The lowest BCUT2D eigenvalue weighted by molar-refractivity contribution is -0.131. The van der Waals surface area contributed by atoms with Crippen LogP contribution in [0.3, 0.4) is 0 Å². The molecule has 1 aromatic heterocycles. The van der Waals surface area contributed by atoms with Crippen LogP contribution in [0.25, 0.3) is 6.08 Å². The van der Waals surface area contributed by atoms with Crippen molar-refractivity contribution in [3.8, 4) is 0 Å². The number of hydrogen-bond acceptors (Lipinski definition) is 6. The van der Waals surface area contributed by atoms with Crippen molar-refractivity contribution < 1.29 is 19.4 Å². The second kappa shape index (κ2) is 8.20. The number of carbonyl (C=O) groups is 2. The lowest BCUT2D eigenvalue weighted by Crippen LogP contribution is -2.50. The minimum atomic E-state index is -1.01. The number of morpholine rings is 1. The molecule has 0 spiro atoms. The number of ether oxygens (including phenoxy) is 1. The first-order chi connectivity index (χ1) is 11.1. The summed E-state index contributed by atoms with van der Waals surface area (Å²) in [6.45, 7) is 3.57. The van der Waals surface area contributed by atoms with Gasteiger partial charge in [0.15, 0.2) is 0 Å². The average molecular weight is 355 g/mol. The molecule has 24 heavy (non-hydrogen) atoms. The van der Waals surface area contributed by atoms with Crippen LogP contribution in [0.1, 0.15) is 11.1 Å². The van der Waals surface area contributed by atoms with Gasteiger partial charge in [0.1, 0.15) is 5.82 Å². The Kier molecular flexibility index (Phi) is 6.27. The number of anilines is 1. The predicted molar refractivity (Wildman–Crippen MR) is 89.6 cm³/mol. The Morgan fingerprint density at radius 3 is 2.75 bits per heavy atom. The number of nitrogens with one attached hydrogen (secondary N) is 1. The zero-order valence-electron chi connectivity index (χ0n) is 13.0. The Morgan fingerprint density at radius 2 is 2.04 bits per heavy atom. The number of halogens is 1. The summed E-state index contributed by atoms with van der Waals surface area (Å²) in [5.74, 6) is -0.599. The van der Waals surface area contributed by atoms with Crippen LogP contribution < -0.4 is 5.32 Å². The highest BCUT2D eigenvalue weighted by atomic mass is 35.5. The highest BCUT2D eigenvalue weighted by molar-refractivity contribution is 5.93. The van der Waals surface area contributed by atoms with E-state index in [4.69, 9.17) is 9.84 Å². The van der Waals surface area contributed by atoms with E-state index >= 15 is 0 Å². The lowest BCUT2D eigenvalue weighted by Gasteiger charge is -2.36. The van der Waals surface area contributed by atoms with Crippen LogP contribution in [0.4, 0.5) is 5.82 Å². The molecule has 0 saturated carbocycles. The van der Waals surface area contributed by atoms with Gasteiger partial charge in [0.05, 0.1) is 19.8 Å². The zero-order valence-corrected chi connectivity index (χ0v) is 13.8. The summed E-state index contributed by atoms with van der Waals surface area (Å²) in [4.78, 5) is 26.9. The number of fused-ring (bicyclic) bond motifs is 1. The molecule has 2 N–H and O–H groups in total. The predicted octanol–water partition coefficient (Wildman–Crippen LogP) is 0.603. The molecule has 1 saturated heterocycles. The van der Waals surface area contributed by atoms with Crippen molar-refractivity contribution in [2.45, 2.75) is 6.54 Å². The van der Waals surface area contributed by atoms with Crippen LogP contribution in [0.5, 0.6) is 0 Å². The van der Waals surface area contributed by atoms with Gasteiger partial charge in [-0.05, 0) is 17.7 Å². The Balaban J connectivity index is 0.00000208. The fourth-order valence-corrected chi connectivity index (χ4v) is 2.65. The molecule has 1 aromatic rings. The van der Waals surface area contributed by atoms with Crippen molar-refractivity contribution in [3.63, 3.8) is 0 Å². The van der Waals surface area contributed by atoms with E-state index in [1.165, 1.54) is 6.08 Å².